The van der Waals surface area contributed by atoms with Crippen molar-refractivity contribution in [3.05, 3.63) is 36.0 Å². The monoisotopic (exact) mass is 352 g/mol. The minimum absolute atomic E-state index is 0.0615. The van der Waals surface area contributed by atoms with E-state index in [9.17, 15) is 9.59 Å². The summed E-state index contributed by atoms with van der Waals surface area (Å²) in [5.41, 5.74) is 8.90. The molecule has 6 heteroatoms. The molecule has 0 bridgehead atoms. The van der Waals surface area contributed by atoms with Crippen molar-refractivity contribution in [1.29, 1.82) is 0 Å². The van der Waals surface area contributed by atoms with E-state index in [-0.39, 0.29) is 23.7 Å². The molecular formula is C20H24N4O2. The number of anilines is 1. The molecule has 2 saturated heterocycles. The summed E-state index contributed by atoms with van der Waals surface area (Å²) in [6.07, 6.45) is 2.06. The van der Waals surface area contributed by atoms with Crippen LogP contribution in [0.25, 0.3) is 10.9 Å². The van der Waals surface area contributed by atoms with Gasteiger partial charge in [0.25, 0.3) is 0 Å². The second kappa shape index (κ2) is 6.59. The Kier molecular flexibility index (Phi) is 4.26. The smallest absolute Gasteiger partial charge is 0.227 e. The van der Waals surface area contributed by atoms with E-state index >= 15 is 0 Å². The molecule has 1 aromatic carbocycles. The van der Waals surface area contributed by atoms with Crippen molar-refractivity contribution in [3.8, 4) is 0 Å². The van der Waals surface area contributed by atoms with Gasteiger partial charge in [-0.2, -0.15) is 0 Å². The van der Waals surface area contributed by atoms with Gasteiger partial charge in [-0.25, -0.2) is 0 Å². The molecule has 0 saturated carbocycles. The van der Waals surface area contributed by atoms with E-state index in [2.05, 4.69) is 0 Å². The van der Waals surface area contributed by atoms with E-state index in [1.165, 1.54) is 0 Å². The lowest BCUT2D eigenvalue weighted by molar-refractivity contribution is -0.136. The average Bonchev–Trinajstić information content (AvgIpc) is 2.99. The number of carbonyl (C=O) groups is 2. The predicted molar refractivity (Wildman–Crippen MR) is 100 cm³/mol. The highest BCUT2D eigenvalue weighted by atomic mass is 16.2. The molecule has 1 aromatic heterocycles. The highest BCUT2D eigenvalue weighted by Gasteiger charge is 2.36. The molecule has 26 heavy (non-hydrogen) atoms. The van der Waals surface area contributed by atoms with Gasteiger partial charge in [0.2, 0.25) is 11.8 Å². The van der Waals surface area contributed by atoms with Gasteiger partial charge in [-0.05, 0) is 25.0 Å². The third kappa shape index (κ3) is 3.00. The Bertz CT molecular complexity index is 858. The molecule has 6 nitrogen and oxygen atoms in total. The first-order valence-electron chi connectivity index (χ1n) is 9.21. The number of hydrogen-bond donors (Lipinski definition) is 1. The third-order valence-electron chi connectivity index (χ3n) is 5.67. The normalized spacial score (nSPS) is 21.6. The standard InChI is InChI=1S/C20H24N4O2/c1-23-12-15(11-18(23)25)20(26)24-8-6-13(7-9-24)19-16(21)10-14-4-2-3-5-17(14)22-19/h2-5,10,13,15H,6-9,11-12,21H2,1H3. The van der Waals surface area contributed by atoms with Crippen LogP contribution in [-0.2, 0) is 9.59 Å². The number of carbonyl (C=O) groups excluding carboxylic acids is 2. The van der Waals surface area contributed by atoms with Crippen LogP contribution in [0.2, 0.25) is 0 Å². The molecule has 2 N–H and O–H groups in total. The van der Waals surface area contributed by atoms with Crippen molar-refractivity contribution in [2.24, 2.45) is 5.92 Å². The van der Waals surface area contributed by atoms with E-state index in [4.69, 9.17) is 10.7 Å². The van der Waals surface area contributed by atoms with Crippen molar-refractivity contribution in [1.82, 2.24) is 14.8 Å². The van der Waals surface area contributed by atoms with Crippen molar-refractivity contribution < 1.29 is 9.59 Å². The minimum atomic E-state index is -0.187. The summed E-state index contributed by atoms with van der Waals surface area (Å²) in [4.78, 5) is 32.7. The Morgan fingerprint density at radius 3 is 2.65 bits per heavy atom. The molecule has 4 rings (SSSR count). The van der Waals surface area contributed by atoms with Crippen LogP contribution in [0.15, 0.2) is 30.3 Å². The molecule has 0 radical (unpaired) electrons. The number of piperidine rings is 1. The molecule has 0 aliphatic carbocycles. The van der Waals surface area contributed by atoms with Crippen LogP contribution >= 0.6 is 0 Å². The maximum atomic E-state index is 12.7. The van der Waals surface area contributed by atoms with Crippen LogP contribution in [0.5, 0.6) is 0 Å². The highest BCUT2D eigenvalue weighted by molar-refractivity contribution is 5.89. The number of hydrogen-bond acceptors (Lipinski definition) is 4. The van der Waals surface area contributed by atoms with Gasteiger partial charge in [-0.1, -0.05) is 18.2 Å². The van der Waals surface area contributed by atoms with Crippen LogP contribution in [0, 0.1) is 5.92 Å². The zero-order chi connectivity index (χ0) is 18.3. The number of nitrogen functional groups attached to an aromatic ring is 1. The van der Waals surface area contributed by atoms with E-state index in [0.29, 0.717) is 26.1 Å². The van der Waals surface area contributed by atoms with Crippen LogP contribution < -0.4 is 5.73 Å². The summed E-state index contributed by atoms with van der Waals surface area (Å²) in [5, 5.41) is 1.05. The summed E-state index contributed by atoms with van der Waals surface area (Å²) in [7, 11) is 1.76. The number of likely N-dealkylation sites (tertiary alicyclic amines) is 2. The number of amides is 2. The first-order chi connectivity index (χ1) is 12.5. The molecule has 136 valence electrons. The second-order valence-corrected chi connectivity index (χ2v) is 7.43. The van der Waals surface area contributed by atoms with Gasteiger partial charge in [0.05, 0.1) is 22.8 Å². The summed E-state index contributed by atoms with van der Waals surface area (Å²) in [5.74, 6) is 0.261. The maximum absolute atomic E-state index is 12.7. The fourth-order valence-electron chi connectivity index (χ4n) is 4.13. The second-order valence-electron chi connectivity index (χ2n) is 7.43. The molecular weight excluding hydrogens is 328 g/mol. The Hall–Kier alpha value is -2.63. The van der Waals surface area contributed by atoms with E-state index in [0.717, 1.165) is 35.1 Å². The first kappa shape index (κ1) is 16.8. The first-order valence-corrected chi connectivity index (χ1v) is 9.21. The van der Waals surface area contributed by atoms with Gasteiger partial charge in [0.1, 0.15) is 0 Å². The summed E-state index contributed by atoms with van der Waals surface area (Å²) < 4.78 is 0. The van der Waals surface area contributed by atoms with Crippen LogP contribution in [0.4, 0.5) is 5.69 Å². The zero-order valence-corrected chi connectivity index (χ0v) is 15.0. The van der Waals surface area contributed by atoms with Crippen molar-refractivity contribution in [2.45, 2.75) is 25.2 Å². The van der Waals surface area contributed by atoms with Gasteiger partial charge in [-0.15, -0.1) is 0 Å². The molecule has 2 aliphatic rings. The van der Waals surface area contributed by atoms with Gasteiger partial charge in [-0.3, -0.25) is 14.6 Å². The summed E-state index contributed by atoms with van der Waals surface area (Å²) >= 11 is 0. The van der Waals surface area contributed by atoms with Gasteiger partial charge >= 0.3 is 0 Å². The zero-order valence-electron chi connectivity index (χ0n) is 15.0. The number of para-hydroxylation sites is 1. The topological polar surface area (TPSA) is 79.5 Å². The fourth-order valence-corrected chi connectivity index (χ4v) is 4.13. The number of fused-ring (bicyclic) bond motifs is 1. The molecule has 3 heterocycles. The Morgan fingerprint density at radius 2 is 1.96 bits per heavy atom. The lowest BCUT2D eigenvalue weighted by atomic mass is 9.91. The SMILES string of the molecule is CN1CC(C(=O)N2CCC(c3nc4ccccc4cc3N)CC2)CC1=O. The number of pyridine rings is 1. The Balaban J connectivity index is 1.44. The molecule has 2 aliphatic heterocycles. The molecule has 0 spiro atoms. The number of aromatic nitrogens is 1. The maximum Gasteiger partial charge on any atom is 0.227 e. The van der Waals surface area contributed by atoms with Crippen molar-refractivity contribution in [3.63, 3.8) is 0 Å². The third-order valence-corrected chi connectivity index (χ3v) is 5.67. The molecule has 2 fully saturated rings. The molecule has 1 atom stereocenters. The Labute approximate surface area is 153 Å². The fraction of sp³-hybridized carbons (Fsp3) is 0.450. The number of nitrogens with two attached hydrogens (primary N) is 1. The molecule has 1 unspecified atom stereocenters. The Morgan fingerprint density at radius 1 is 1.23 bits per heavy atom. The number of rotatable bonds is 2. The van der Waals surface area contributed by atoms with Crippen molar-refractivity contribution in [2.75, 3.05) is 32.4 Å². The van der Waals surface area contributed by atoms with Crippen LogP contribution in [0.3, 0.4) is 0 Å². The summed E-state index contributed by atoms with van der Waals surface area (Å²) in [6, 6.07) is 9.98. The van der Waals surface area contributed by atoms with Crippen LogP contribution in [0.1, 0.15) is 30.9 Å². The van der Waals surface area contributed by atoms with Crippen molar-refractivity contribution >= 4 is 28.4 Å². The van der Waals surface area contributed by atoms with E-state index in [1.54, 1.807) is 11.9 Å². The lowest BCUT2D eigenvalue weighted by Crippen LogP contribution is -2.42. The quantitative estimate of drug-likeness (QED) is 0.896. The number of nitrogens with zero attached hydrogens (tertiary/aromatic N) is 3. The van der Waals surface area contributed by atoms with E-state index in [1.807, 2.05) is 35.2 Å². The minimum Gasteiger partial charge on any atom is -0.397 e. The van der Waals surface area contributed by atoms with Gasteiger partial charge < -0.3 is 15.5 Å². The largest absolute Gasteiger partial charge is 0.397 e. The molecule has 2 aromatic rings. The van der Waals surface area contributed by atoms with Crippen LogP contribution in [-0.4, -0.2) is 53.3 Å². The molecule has 2 amide bonds. The van der Waals surface area contributed by atoms with E-state index < -0.39 is 0 Å². The number of benzene rings is 1. The predicted octanol–water partition coefficient (Wildman–Crippen LogP) is 2.00. The highest BCUT2D eigenvalue weighted by Crippen LogP contribution is 2.33. The van der Waals surface area contributed by atoms with Gasteiger partial charge in [0, 0.05) is 44.4 Å². The average molecular weight is 352 g/mol. The lowest BCUT2D eigenvalue weighted by Gasteiger charge is -2.33. The summed E-state index contributed by atoms with van der Waals surface area (Å²) in [6.45, 7) is 1.94. The van der Waals surface area contributed by atoms with Gasteiger partial charge in [0.15, 0.2) is 0 Å².